The van der Waals surface area contributed by atoms with Gasteiger partial charge in [-0.2, -0.15) is 0 Å². The number of ether oxygens (including phenoxy) is 1. The van der Waals surface area contributed by atoms with Crippen molar-refractivity contribution in [3.63, 3.8) is 0 Å². The summed E-state index contributed by atoms with van der Waals surface area (Å²) in [6.07, 6.45) is 2.49. The number of methoxy groups -OCH3 is 1. The first-order valence-corrected chi connectivity index (χ1v) is 6.95. The van der Waals surface area contributed by atoms with Crippen LogP contribution in [0.1, 0.15) is 34.3 Å². The van der Waals surface area contributed by atoms with E-state index in [1.807, 2.05) is 45.2 Å². The Morgan fingerprint density at radius 3 is 2.67 bits per heavy atom. The zero-order valence-corrected chi connectivity index (χ0v) is 13.0. The average molecular weight is 286 g/mol. The Labute approximate surface area is 125 Å². The quantitative estimate of drug-likeness (QED) is 0.651. The van der Waals surface area contributed by atoms with Gasteiger partial charge in [-0.15, -0.1) is 0 Å². The number of nitrogens with one attached hydrogen (secondary N) is 1. The Kier molecular flexibility index (Phi) is 4.88. The smallest absolute Gasteiger partial charge is 0.128 e. The molecule has 0 amide bonds. The molecule has 112 valence electrons. The van der Waals surface area contributed by atoms with Gasteiger partial charge in [-0.05, 0) is 32.9 Å². The molecule has 0 fully saturated rings. The van der Waals surface area contributed by atoms with Crippen molar-refractivity contribution in [2.45, 2.75) is 33.2 Å². The standard InChI is InChI=1S/C16H22N4O/c1-10-9-18-14(12(3)16(10)21-4)8-15(20-17)13-7-5-6-11(2)19-13/h5-7,9,15,20H,8,17H2,1-4H3. The van der Waals surface area contributed by atoms with E-state index >= 15 is 0 Å². The van der Waals surface area contributed by atoms with E-state index in [0.29, 0.717) is 6.42 Å². The Bertz CT molecular complexity index is 628. The number of aryl methyl sites for hydroxylation is 2. The highest BCUT2D eigenvalue weighted by Crippen LogP contribution is 2.26. The first-order chi connectivity index (χ1) is 10.1. The molecule has 0 aliphatic heterocycles. The molecule has 0 saturated carbocycles. The summed E-state index contributed by atoms with van der Waals surface area (Å²) < 4.78 is 5.45. The van der Waals surface area contributed by atoms with Crippen LogP contribution in [0.4, 0.5) is 0 Å². The zero-order valence-electron chi connectivity index (χ0n) is 13.0. The molecule has 5 nitrogen and oxygen atoms in total. The van der Waals surface area contributed by atoms with Gasteiger partial charge in [-0.25, -0.2) is 0 Å². The summed E-state index contributed by atoms with van der Waals surface area (Å²) in [5, 5.41) is 0. The van der Waals surface area contributed by atoms with Gasteiger partial charge in [0.2, 0.25) is 0 Å². The highest BCUT2D eigenvalue weighted by molar-refractivity contribution is 5.41. The number of hydrogen-bond donors (Lipinski definition) is 2. The van der Waals surface area contributed by atoms with Gasteiger partial charge in [-0.3, -0.25) is 21.2 Å². The molecule has 0 aliphatic rings. The Morgan fingerprint density at radius 1 is 1.29 bits per heavy atom. The number of nitrogens with zero attached hydrogens (tertiary/aromatic N) is 2. The van der Waals surface area contributed by atoms with Crippen LogP contribution in [-0.2, 0) is 6.42 Å². The van der Waals surface area contributed by atoms with Crippen LogP contribution in [0.3, 0.4) is 0 Å². The molecule has 2 aromatic rings. The lowest BCUT2D eigenvalue weighted by molar-refractivity contribution is 0.406. The zero-order chi connectivity index (χ0) is 15.4. The van der Waals surface area contributed by atoms with Gasteiger partial charge in [0, 0.05) is 35.1 Å². The minimum Gasteiger partial charge on any atom is -0.496 e. The number of nitrogens with two attached hydrogens (primary N) is 1. The molecule has 0 aromatic carbocycles. The summed E-state index contributed by atoms with van der Waals surface area (Å²) in [6.45, 7) is 5.98. The highest BCUT2D eigenvalue weighted by atomic mass is 16.5. The van der Waals surface area contributed by atoms with E-state index in [1.165, 1.54) is 0 Å². The lowest BCUT2D eigenvalue weighted by atomic mass is 10.0. The maximum absolute atomic E-state index is 5.70. The molecule has 2 heterocycles. The first-order valence-electron chi connectivity index (χ1n) is 6.95. The van der Waals surface area contributed by atoms with E-state index < -0.39 is 0 Å². The van der Waals surface area contributed by atoms with Gasteiger partial charge in [0.25, 0.3) is 0 Å². The van der Waals surface area contributed by atoms with Crippen molar-refractivity contribution < 1.29 is 4.74 Å². The highest BCUT2D eigenvalue weighted by Gasteiger charge is 2.17. The van der Waals surface area contributed by atoms with E-state index in [2.05, 4.69) is 15.4 Å². The van der Waals surface area contributed by atoms with Crippen molar-refractivity contribution in [3.05, 3.63) is 52.6 Å². The third-order valence-corrected chi connectivity index (χ3v) is 3.62. The molecule has 0 saturated heterocycles. The summed E-state index contributed by atoms with van der Waals surface area (Å²) in [4.78, 5) is 9.05. The molecule has 5 heteroatoms. The molecule has 1 atom stereocenters. The van der Waals surface area contributed by atoms with Crippen LogP contribution in [-0.4, -0.2) is 17.1 Å². The Morgan fingerprint density at radius 2 is 2.05 bits per heavy atom. The van der Waals surface area contributed by atoms with Gasteiger partial charge in [0.15, 0.2) is 0 Å². The van der Waals surface area contributed by atoms with Crippen molar-refractivity contribution >= 4 is 0 Å². The Hall–Kier alpha value is -1.98. The molecule has 0 bridgehead atoms. The van der Waals surface area contributed by atoms with Gasteiger partial charge in [0.05, 0.1) is 18.8 Å². The number of rotatable bonds is 5. The molecule has 1 unspecified atom stereocenters. The minimum absolute atomic E-state index is 0.0801. The minimum atomic E-state index is -0.0801. The topological polar surface area (TPSA) is 73.1 Å². The first kappa shape index (κ1) is 15.4. The summed E-state index contributed by atoms with van der Waals surface area (Å²) in [6, 6.07) is 5.84. The predicted molar refractivity (Wildman–Crippen MR) is 83.0 cm³/mol. The van der Waals surface area contributed by atoms with Crippen LogP contribution in [0.15, 0.2) is 24.4 Å². The third kappa shape index (κ3) is 3.37. The summed E-state index contributed by atoms with van der Waals surface area (Å²) >= 11 is 0. The summed E-state index contributed by atoms with van der Waals surface area (Å²) in [5.74, 6) is 6.59. The SMILES string of the molecule is COc1c(C)cnc(CC(NN)c2cccc(C)n2)c1C. The number of aromatic nitrogens is 2. The van der Waals surface area contributed by atoms with Crippen molar-refractivity contribution in [3.8, 4) is 5.75 Å². The number of pyridine rings is 2. The second-order valence-electron chi connectivity index (χ2n) is 5.17. The van der Waals surface area contributed by atoms with Crippen molar-refractivity contribution in [1.82, 2.24) is 15.4 Å². The van der Waals surface area contributed by atoms with Crippen molar-refractivity contribution in [2.24, 2.45) is 5.84 Å². The fraction of sp³-hybridized carbons (Fsp3) is 0.375. The van der Waals surface area contributed by atoms with Crippen LogP contribution in [0.2, 0.25) is 0 Å². The third-order valence-electron chi connectivity index (χ3n) is 3.62. The van der Waals surface area contributed by atoms with Gasteiger partial charge in [-0.1, -0.05) is 6.07 Å². The van der Waals surface area contributed by atoms with Crippen LogP contribution in [0.5, 0.6) is 5.75 Å². The largest absolute Gasteiger partial charge is 0.496 e. The molecular weight excluding hydrogens is 264 g/mol. The molecule has 0 radical (unpaired) electrons. The molecule has 2 rings (SSSR count). The fourth-order valence-electron chi connectivity index (χ4n) is 2.48. The van der Waals surface area contributed by atoms with E-state index in [-0.39, 0.29) is 6.04 Å². The Balaban J connectivity index is 2.31. The lowest BCUT2D eigenvalue weighted by Gasteiger charge is -2.18. The fourth-order valence-corrected chi connectivity index (χ4v) is 2.48. The molecule has 3 N–H and O–H groups in total. The van der Waals surface area contributed by atoms with Gasteiger partial charge < -0.3 is 4.74 Å². The van der Waals surface area contributed by atoms with Crippen molar-refractivity contribution in [2.75, 3.05) is 7.11 Å². The average Bonchev–Trinajstić information content (AvgIpc) is 2.47. The molecule has 0 spiro atoms. The van der Waals surface area contributed by atoms with E-state index in [9.17, 15) is 0 Å². The van der Waals surface area contributed by atoms with Crippen molar-refractivity contribution in [1.29, 1.82) is 0 Å². The van der Waals surface area contributed by atoms with Crippen LogP contribution in [0, 0.1) is 20.8 Å². The maximum Gasteiger partial charge on any atom is 0.128 e. The second kappa shape index (κ2) is 6.65. The predicted octanol–water partition coefficient (Wildman–Crippen LogP) is 2.16. The summed E-state index contributed by atoms with van der Waals surface area (Å²) in [5.41, 5.74) is 7.76. The van der Waals surface area contributed by atoms with Gasteiger partial charge in [0.1, 0.15) is 5.75 Å². The van der Waals surface area contributed by atoms with E-state index in [1.54, 1.807) is 7.11 Å². The van der Waals surface area contributed by atoms with E-state index in [4.69, 9.17) is 10.6 Å². The molecule has 21 heavy (non-hydrogen) atoms. The lowest BCUT2D eigenvalue weighted by Crippen LogP contribution is -2.30. The second-order valence-corrected chi connectivity index (χ2v) is 5.17. The summed E-state index contributed by atoms with van der Waals surface area (Å²) in [7, 11) is 1.68. The van der Waals surface area contributed by atoms with E-state index in [0.717, 1.165) is 34.0 Å². The molecule has 0 aliphatic carbocycles. The monoisotopic (exact) mass is 286 g/mol. The number of hydrazine groups is 1. The number of hydrogen-bond acceptors (Lipinski definition) is 5. The van der Waals surface area contributed by atoms with Gasteiger partial charge >= 0.3 is 0 Å². The normalized spacial score (nSPS) is 12.2. The molecule has 2 aromatic heterocycles. The molecular formula is C16H22N4O. The van der Waals surface area contributed by atoms with Crippen LogP contribution < -0.4 is 16.0 Å². The van der Waals surface area contributed by atoms with Crippen LogP contribution >= 0.6 is 0 Å². The maximum atomic E-state index is 5.70. The van der Waals surface area contributed by atoms with Crippen LogP contribution in [0.25, 0.3) is 0 Å².